The van der Waals surface area contributed by atoms with E-state index < -0.39 is 0 Å². The topological polar surface area (TPSA) is 46.5 Å². The van der Waals surface area contributed by atoms with Gasteiger partial charge in [0.1, 0.15) is 4.88 Å². The molecule has 1 aromatic heterocycles. The summed E-state index contributed by atoms with van der Waals surface area (Å²) in [5.74, 6) is 0.0714. The highest BCUT2D eigenvalue weighted by Gasteiger charge is 2.10. The smallest absolute Gasteiger partial charge is 0.348 e. The van der Waals surface area contributed by atoms with Gasteiger partial charge in [-0.3, -0.25) is 0 Å². The van der Waals surface area contributed by atoms with Crippen molar-refractivity contribution in [2.24, 2.45) is 5.92 Å². The Morgan fingerprint density at radius 2 is 2.31 bits per heavy atom. The molecule has 0 saturated carbocycles. The second kappa shape index (κ2) is 6.66. The second-order valence-electron chi connectivity index (χ2n) is 3.81. The van der Waals surface area contributed by atoms with Crippen LogP contribution < -0.4 is 0 Å². The zero-order chi connectivity index (χ0) is 12.0. The third-order valence-corrected chi connectivity index (χ3v) is 3.46. The molecule has 0 bridgehead atoms. The van der Waals surface area contributed by atoms with Crippen molar-refractivity contribution in [2.45, 2.75) is 26.7 Å². The van der Waals surface area contributed by atoms with Crippen LogP contribution in [0.4, 0.5) is 0 Å². The van der Waals surface area contributed by atoms with Crippen molar-refractivity contribution in [1.29, 1.82) is 0 Å². The number of ether oxygens (including phenoxy) is 1. The molecule has 1 unspecified atom stereocenters. The Morgan fingerprint density at radius 1 is 1.56 bits per heavy atom. The molecule has 0 amide bonds. The molecule has 0 aliphatic heterocycles. The molecule has 16 heavy (non-hydrogen) atoms. The normalized spacial score (nSPS) is 12.4. The summed E-state index contributed by atoms with van der Waals surface area (Å²) in [6.45, 7) is 4.44. The van der Waals surface area contributed by atoms with Crippen LogP contribution >= 0.6 is 11.3 Å². The predicted octanol–water partition coefficient (Wildman–Crippen LogP) is 2.49. The van der Waals surface area contributed by atoms with Gasteiger partial charge in [0.25, 0.3) is 0 Å². The average Bonchev–Trinajstić information content (AvgIpc) is 2.75. The van der Waals surface area contributed by atoms with E-state index in [2.05, 4.69) is 0 Å². The number of hydrogen-bond donors (Lipinski definition) is 1. The molecule has 1 aromatic rings. The highest BCUT2D eigenvalue weighted by molar-refractivity contribution is 7.13. The Bertz CT molecular complexity index is 333. The molecular formula is C12H18O3S. The number of carbonyl (C=O) groups is 1. The van der Waals surface area contributed by atoms with Gasteiger partial charge in [0, 0.05) is 11.5 Å². The van der Waals surface area contributed by atoms with Crippen LogP contribution in [0.3, 0.4) is 0 Å². The lowest BCUT2D eigenvalue weighted by atomic mass is 10.1. The maximum Gasteiger partial charge on any atom is 0.348 e. The fourth-order valence-electron chi connectivity index (χ4n) is 1.30. The van der Waals surface area contributed by atoms with Crippen molar-refractivity contribution < 1.29 is 14.6 Å². The molecule has 90 valence electrons. The van der Waals surface area contributed by atoms with E-state index in [-0.39, 0.29) is 12.6 Å². The summed E-state index contributed by atoms with van der Waals surface area (Å²) in [5.41, 5.74) is 0. The van der Waals surface area contributed by atoms with Gasteiger partial charge < -0.3 is 9.84 Å². The van der Waals surface area contributed by atoms with Gasteiger partial charge in [0.2, 0.25) is 0 Å². The summed E-state index contributed by atoms with van der Waals surface area (Å²) in [7, 11) is 0. The molecule has 1 rings (SSSR count). The molecule has 0 aliphatic carbocycles. The van der Waals surface area contributed by atoms with Crippen LogP contribution in [0.15, 0.2) is 12.1 Å². The maximum absolute atomic E-state index is 11.4. The molecule has 0 fully saturated rings. The van der Waals surface area contributed by atoms with Gasteiger partial charge in [0.05, 0.1) is 6.61 Å². The van der Waals surface area contributed by atoms with E-state index in [4.69, 9.17) is 9.84 Å². The van der Waals surface area contributed by atoms with Crippen molar-refractivity contribution in [3.8, 4) is 0 Å². The lowest BCUT2D eigenvalue weighted by Gasteiger charge is -2.04. The van der Waals surface area contributed by atoms with Crippen LogP contribution in [0, 0.1) is 5.92 Å². The average molecular weight is 242 g/mol. The lowest BCUT2D eigenvalue weighted by Crippen LogP contribution is -2.02. The van der Waals surface area contributed by atoms with Gasteiger partial charge in [-0.2, -0.15) is 0 Å². The Balaban J connectivity index is 2.48. The Morgan fingerprint density at radius 3 is 2.94 bits per heavy atom. The molecule has 0 radical (unpaired) electrons. The zero-order valence-electron chi connectivity index (χ0n) is 9.73. The maximum atomic E-state index is 11.4. The molecule has 0 saturated heterocycles. The van der Waals surface area contributed by atoms with Crippen LogP contribution in [0.5, 0.6) is 0 Å². The molecule has 0 spiro atoms. The first-order valence-corrected chi connectivity index (χ1v) is 6.35. The first-order valence-electron chi connectivity index (χ1n) is 5.54. The molecule has 4 heteroatoms. The van der Waals surface area contributed by atoms with Crippen LogP contribution in [0.1, 0.15) is 34.8 Å². The summed E-state index contributed by atoms with van der Waals surface area (Å²) >= 11 is 1.48. The number of thiophene rings is 1. The van der Waals surface area contributed by atoms with Crippen molar-refractivity contribution in [3.05, 3.63) is 21.9 Å². The molecule has 3 nitrogen and oxygen atoms in total. The first kappa shape index (κ1) is 13.2. The van der Waals surface area contributed by atoms with E-state index in [9.17, 15) is 4.79 Å². The fourth-order valence-corrected chi connectivity index (χ4v) is 2.22. The van der Waals surface area contributed by atoms with E-state index in [1.54, 1.807) is 6.92 Å². The van der Waals surface area contributed by atoms with E-state index in [0.717, 1.165) is 12.8 Å². The van der Waals surface area contributed by atoms with Crippen molar-refractivity contribution in [2.75, 3.05) is 13.2 Å². The monoisotopic (exact) mass is 242 g/mol. The lowest BCUT2D eigenvalue weighted by molar-refractivity contribution is 0.0532. The van der Waals surface area contributed by atoms with Gasteiger partial charge in [-0.25, -0.2) is 4.79 Å². The van der Waals surface area contributed by atoms with Gasteiger partial charge in [-0.15, -0.1) is 11.3 Å². The molecule has 0 aliphatic rings. The highest BCUT2D eigenvalue weighted by atomic mass is 32.1. The summed E-state index contributed by atoms with van der Waals surface area (Å²) in [4.78, 5) is 13.2. The molecule has 1 heterocycles. The summed E-state index contributed by atoms with van der Waals surface area (Å²) in [6, 6.07) is 3.77. The molecule has 1 atom stereocenters. The molecule has 0 aromatic carbocycles. The van der Waals surface area contributed by atoms with Gasteiger partial charge in [-0.05, 0) is 37.8 Å². The van der Waals surface area contributed by atoms with Crippen molar-refractivity contribution in [1.82, 2.24) is 0 Å². The van der Waals surface area contributed by atoms with Crippen LogP contribution in [0.25, 0.3) is 0 Å². The van der Waals surface area contributed by atoms with Crippen molar-refractivity contribution >= 4 is 17.3 Å². The minimum absolute atomic E-state index is 0.218. The van der Waals surface area contributed by atoms with E-state index >= 15 is 0 Å². The molecule has 1 N–H and O–H groups in total. The summed E-state index contributed by atoms with van der Waals surface area (Å²) in [6.07, 6.45) is 1.85. The number of esters is 1. The minimum atomic E-state index is -0.242. The number of aryl methyl sites for hydroxylation is 1. The quantitative estimate of drug-likeness (QED) is 0.780. The van der Waals surface area contributed by atoms with Gasteiger partial charge >= 0.3 is 5.97 Å². The standard InChI is InChI=1S/C12H18O3S/c1-3-15-12(14)11-7-6-10(16-11)5-4-9(2)8-13/h6-7,9,13H,3-5,8H2,1-2H3. The summed E-state index contributed by atoms with van der Waals surface area (Å²) < 4.78 is 4.92. The number of rotatable bonds is 6. The third kappa shape index (κ3) is 3.94. The number of aliphatic hydroxyl groups excluding tert-OH is 1. The minimum Gasteiger partial charge on any atom is -0.462 e. The fraction of sp³-hybridized carbons (Fsp3) is 0.583. The van der Waals surface area contributed by atoms with Gasteiger partial charge in [0.15, 0.2) is 0 Å². The van der Waals surface area contributed by atoms with E-state index in [1.165, 1.54) is 16.2 Å². The van der Waals surface area contributed by atoms with Crippen LogP contribution in [0.2, 0.25) is 0 Å². The second-order valence-corrected chi connectivity index (χ2v) is 4.98. The Kier molecular flexibility index (Phi) is 5.49. The highest BCUT2D eigenvalue weighted by Crippen LogP contribution is 2.20. The van der Waals surface area contributed by atoms with Crippen LogP contribution in [-0.4, -0.2) is 24.3 Å². The number of carbonyl (C=O) groups excluding carboxylic acids is 1. The number of hydrogen-bond acceptors (Lipinski definition) is 4. The Labute approximate surface area is 100 Å². The number of aliphatic hydroxyl groups is 1. The zero-order valence-corrected chi connectivity index (χ0v) is 10.5. The van der Waals surface area contributed by atoms with E-state index in [1.807, 2.05) is 19.1 Å². The SMILES string of the molecule is CCOC(=O)c1ccc(CCC(C)CO)s1. The predicted molar refractivity (Wildman–Crippen MR) is 64.8 cm³/mol. The van der Waals surface area contributed by atoms with Gasteiger partial charge in [-0.1, -0.05) is 6.92 Å². The Hall–Kier alpha value is -0.870. The summed E-state index contributed by atoms with van der Waals surface area (Å²) in [5, 5.41) is 8.91. The van der Waals surface area contributed by atoms with E-state index in [0.29, 0.717) is 17.4 Å². The third-order valence-electron chi connectivity index (χ3n) is 2.33. The molecular weight excluding hydrogens is 224 g/mol. The first-order chi connectivity index (χ1) is 7.67. The van der Waals surface area contributed by atoms with Crippen molar-refractivity contribution in [3.63, 3.8) is 0 Å². The van der Waals surface area contributed by atoms with Crippen LogP contribution in [-0.2, 0) is 11.2 Å². The largest absolute Gasteiger partial charge is 0.462 e.